The highest BCUT2D eigenvalue weighted by molar-refractivity contribution is 5.99. The molecular formula is C14H19NO5. The summed E-state index contributed by atoms with van der Waals surface area (Å²) in [4.78, 5) is 23.1. The molecule has 0 aromatic heterocycles. The molecule has 1 rings (SSSR count). The molecule has 6 heteroatoms. The van der Waals surface area contributed by atoms with Gasteiger partial charge in [0.1, 0.15) is 17.1 Å². The number of benzene rings is 1. The summed E-state index contributed by atoms with van der Waals surface area (Å²) in [5.41, 5.74) is 0.262. The van der Waals surface area contributed by atoms with Crippen LogP contribution in [0.25, 0.3) is 0 Å². The van der Waals surface area contributed by atoms with Crippen LogP contribution in [0.15, 0.2) is 18.2 Å². The maximum Gasteiger partial charge on any atom is 0.308 e. The molecule has 0 radical (unpaired) electrons. The Kier molecular flexibility index (Phi) is 5.83. The zero-order valence-corrected chi connectivity index (χ0v) is 11.8. The molecule has 1 amide bonds. The largest absolute Gasteiger partial charge is 0.496 e. The quantitative estimate of drug-likeness (QED) is 0.792. The van der Waals surface area contributed by atoms with E-state index >= 15 is 0 Å². The summed E-state index contributed by atoms with van der Waals surface area (Å²) in [6.45, 7) is 1.82. The molecule has 0 fully saturated rings. The number of ether oxygens (including phenoxy) is 2. The molecule has 1 unspecified atom stereocenters. The maximum absolute atomic E-state index is 12.2. The lowest BCUT2D eigenvalue weighted by molar-refractivity contribution is -0.141. The molecule has 0 aliphatic carbocycles. The molecule has 0 spiro atoms. The predicted octanol–water partition coefficient (Wildman–Crippen LogP) is 1.54. The van der Waals surface area contributed by atoms with Crippen LogP contribution in [0.1, 0.15) is 23.7 Å². The van der Waals surface area contributed by atoms with Crippen molar-refractivity contribution in [3.63, 3.8) is 0 Å². The highest BCUT2D eigenvalue weighted by atomic mass is 16.5. The average Bonchev–Trinajstić information content (AvgIpc) is 2.46. The summed E-state index contributed by atoms with van der Waals surface area (Å²) in [5, 5.41) is 11.6. The molecule has 0 heterocycles. The smallest absolute Gasteiger partial charge is 0.308 e. The van der Waals surface area contributed by atoms with Crippen molar-refractivity contribution in [1.82, 2.24) is 5.32 Å². The van der Waals surface area contributed by atoms with Gasteiger partial charge in [-0.05, 0) is 18.6 Å². The predicted molar refractivity (Wildman–Crippen MR) is 73.3 cm³/mol. The van der Waals surface area contributed by atoms with E-state index in [-0.39, 0.29) is 12.1 Å². The Morgan fingerprint density at radius 1 is 1.25 bits per heavy atom. The molecule has 0 bridgehead atoms. The van der Waals surface area contributed by atoms with Crippen molar-refractivity contribution in [1.29, 1.82) is 0 Å². The van der Waals surface area contributed by atoms with Crippen molar-refractivity contribution in [2.45, 2.75) is 13.3 Å². The summed E-state index contributed by atoms with van der Waals surface area (Å²) < 4.78 is 10.3. The van der Waals surface area contributed by atoms with E-state index in [0.717, 1.165) is 0 Å². The van der Waals surface area contributed by atoms with E-state index in [1.807, 2.05) is 0 Å². The number of carbonyl (C=O) groups is 2. The van der Waals surface area contributed by atoms with Crippen LogP contribution < -0.4 is 14.8 Å². The molecule has 0 saturated heterocycles. The van der Waals surface area contributed by atoms with Crippen LogP contribution in [0.5, 0.6) is 11.5 Å². The summed E-state index contributed by atoms with van der Waals surface area (Å²) in [6, 6.07) is 5.00. The number of amides is 1. The highest BCUT2D eigenvalue weighted by Crippen LogP contribution is 2.27. The van der Waals surface area contributed by atoms with Crippen molar-refractivity contribution in [2.24, 2.45) is 5.92 Å². The molecule has 0 aliphatic heterocycles. The first-order valence-electron chi connectivity index (χ1n) is 6.27. The Labute approximate surface area is 117 Å². The zero-order chi connectivity index (χ0) is 15.1. The van der Waals surface area contributed by atoms with Gasteiger partial charge < -0.3 is 19.9 Å². The Balaban J connectivity index is 2.89. The van der Waals surface area contributed by atoms with Gasteiger partial charge in [0.15, 0.2) is 0 Å². The third-order valence-electron chi connectivity index (χ3n) is 3.01. The number of carbonyl (C=O) groups excluding carboxylic acids is 1. The SMILES string of the molecule is CCC(CNC(=O)c1c(OC)cccc1OC)C(=O)O. The fourth-order valence-corrected chi connectivity index (χ4v) is 1.79. The van der Waals surface area contributed by atoms with Crippen LogP contribution in [-0.2, 0) is 4.79 Å². The van der Waals surface area contributed by atoms with Gasteiger partial charge in [-0.2, -0.15) is 0 Å². The second-order valence-corrected chi connectivity index (χ2v) is 4.19. The Hall–Kier alpha value is -2.24. The van der Waals surface area contributed by atoms with Crippen molar-refractivity contribution in [3.05, 3.63) is 23.8 Å². The molecule has 20 heavy (non-hydrogen) atoms. The monoisotopic (exact) mass is 281 g/mol. The molecule has 2 N–H and O–H groups in total. The van der Waals surface area contributed by atoms with E-state index in [2.05, 4.69) is 5.32 Å². The molecule has 1 atom stereocenters. The number of aliphatic carboxylic acids is 1. The number of carboxylic acids is 1. The first kappa shape index (κ1) is 15.8. The first-order chi connectivity index (χ1) is 9.54. The van der Waals surface area contributed by atoms with Gasteiger partial charge in [0.05, 0.1) is 20.1 Å². The van der Waals surface area contributed by atoms with E-state index in [1.165, 1.54) is 14.2 Å². The van der Waals surface area contributed by atoms with E-state index in [1.54, 1.807) is 25.1 Å². The maximum atomic E-state index is 12.2. The second-order valence-electron chi connectivity index (χ2n) is 4.19. The Morgan fingerprint density at radius 3 is 2.20 bits per heavy atom. The van der Waals surface area contributed by atoms with Crippen molar-refractivity contribution in [2.75, 3.05) is 20.8 Å². The van der Waals surface area contributed by atoms with Gasteiger partial charge in [0.2, 0.25) is 0 Å². The molecule has 0 aliphatic rings. The standard InChI is InChI=1S/C14H19NO5/c1-4-9(14(17)18)8-15-13(16)12-10(19-2)6-5-7-11(12)20-3/h5-7,9H,4,8H2,1-3H3,(H,15,16)(H,17,18). The molecule has 6 nitrogen and oxygen atoms in total. The van der Waals surface area contributed by atoms with Crippen LogP contribution >= 0.6 is 0 Å². The molecule has 0 saturated carbocycles. The second kappa shape index (κ2) is 7.37. The fourth-order valence-electron chi connectivity index (χ4n) is 1.79. The lowest BCUT2D eigenvalue weighted by Gasteiger charge is -2.15. The number of hydrogen-bond donors (Lipinski definition) is 2. The van der Waals surface area contributed by atoms with Crippen molar-refractivity contribution in [3.8, 4) is 11.5 Å². The highest BCUT2D eigenvalue weighted by Gasteiger charge is 2.21. The Bertz CT molecular complexity index is 464. The van der Waals surface area contributed by atoms with Gasteiger partial charge in [-0.1, -0.05) is 13.0 Å². The van der Waals surface area contributed by atoms with Crippen LogP contribution in [0.4, 0.5) is 0 Å². The minimum absolute atomic E-state index is 0.0614. The van der Waals surface area contributed by atoms with Crippen LogP contribution in [0, 0.1) is 5.92 Å². The summed E-state index contributed by atoms with van der Waals surface area (Å²) in [5.74, 6) is -1.20. The molecule has 110 valence electrons. The Morgan fingerprint density at radius 2 is 1.80 bits per heavy atom. The summed E-state index contributed by atoms with van der Waals surface area (Å²) in [6.07, 6.45) is 0.443. The number of rotatable bonds is 7. The third kappa shape index (κ3) is 3.63. The normalized spacial score (nSPS) is 11.6. The number of methoxy groups -OCH3 is 2. The zero-order valence-electron chi connectivity index (χ0n) is 11.8. The van der Waals surface area contributed by atoms with Crippen molar-refractivity contribution >= 4 is 11.9 Å². The lowest BCUT2D eigenvalue weighted by atomic mass is 10.1. The van der Waals surface area contributed by atoms with Gasteiger partial charge in [-0.25, -0.2) is 0 Å². The minimum Gasteiger partial charge on any atom is -0.496 e. The molecule has 1 aromatic rings. The van der Waals surface area contributed by atoms with Gasteiger partial charge in [-0.15, -0.1) is 0 Å². The van der Waals surface area contributed by atoms with E-state index in [9.17, 15) is 9.59 Å². The van der Waals surface area contributed by atoms with Crippen LogP contribution in [0.2, 0.25) is 0 Å². The number of nitrogens with one attached hydrogen (secondary N) is 1. The van der Waals surface area contributed by atoms with Gasteiger partial charge in [-0.3, -0.25) is 9.59 Å². The topological polar surface area (TPSA) is 84.9 Å². The van der Waals surface area contributed by atoms with Gasteiger partial charge in [0, 0.05) is 6.54 Å². The van der Waals surface area contributed by atoms with Gasteiger partial charge in [0.25, 0.3) is 5.91 Å². The van der Waals surface area contributed by atoms with Crippen LogP contribution in [0.3, 0.4) is 0 Å². The van der Waals surface area contributed by atoms with Gasteiger partial charge >= 0.3 is 5.97 Å². The average molecular weight is 281 g/mol. The lowest BCUT2D eigenvalue weighted by Crippen LogP contribution is -2.33. The van der Waals surface area contributed by atoms with Crippen LogP contribution in [-0.4, -0.2) is 37.7 Å². The van der Waals surface area contributed by atoms with E-state index < -0.39 is 17.8 Å². The summed E-state index contributed by atoms with van der Waals surface area (Å²) in [7, 11) is 2.91. The van der Waals surface area contributed by atoms with E-state index in [0.29, 0.717) is 17.9 Å². The molecular weight excluding hydrogens is 262 g/mol. The minimum atomic E-state index is -0.931. The molecule has 1 aromatic carbocycles. The summed E-state index contributed by atoms with van der Waals surface area (Å²) >= 11 is 0. The number of carboxylic acid groups (broad SMARTS) is 1. The van der Waals surface area contributed by atoms with Crippen molar-refractivity contribution < 1.29 is 24.2 Å². The fraction of sp³-hybridized carbons (Fsp3) is 0.429. The first-order valence-corrected chi connectivity index (χ1v) is 6.27. The number of hydrogen-bond acceptors (Lipinski definition) is 4. The third-order valence-corrected chi connectivity index (χ3v) is 3.01. The van der Waals surface area contributed by atoms with E-state index in [4.69, 9.17) is 14.6 Å².